The molecule has 1 atom stereocenters. The molecular weight excluding hydrogens is 458 g/mol. The monoisotopic (exact) mass is 493 g/mol. The van der Waals surface area contributed by atoms with Crippen LogP contribution >= 0.6 is 0 Å². The highest BCUT2D eigenvalue weighted by atomic mass is 16.6. The summed E-state index contributed by atoms with van der Waals surface area (Å²) in [5, 5.41) is 7.95. The number of aromatic nitrogens is 3. The summed E-state index contributed by atoms with van der Waals surface area (Å²) in [6.45, 7) is 8.09. The van der Waals surface area contributed by atoms with E-state index in [0.29, 0.717) is 77.4 Å². The molecule has 1 fully saturated rings. The fraction of sp³-hybridized carbons (Fsp3) is 0.696. The summed E-state index contributed by atoms with van der Waals surface area (Å²) >= 11 is 0. The minimum absolute atomic E-state index is 0.103. The van der Waals surface area contributed by atoms with Gasteiger partial charge in [0.1, 0.15) is 5.69 Å². The maximum absolute atomic E-state index is 12.0. The van der Waals surface area contributed by atoms with Crippen molar-refractivity contribution in [1.82, 2.24) is 24.8 Å². The van der Waals surface area contributed by atoms with Crippen molar-refractivity contribution in [3.05, 3.63) is 24.0 Å². The summed E-state index contributed by atoms with van der Waals surface area (Å²) < 4.78 is 23.5. The molecule has 35 heavy (non-hydrogen) atoms. The summed E-state index contributed by atoms with van der Waals surface area (Å²) in [6.07, 6.45) is 5.68. The van der Waals surface area contributed by atoms with Gasteiger partial charge in [0.25, 0.3) is 11.8 Å². The third kappa shape index (κ3) is 9.48. The molecule has 12 nitrogen and oxygen atoms in total. The van der Waals surface area contributed by atoms with Gasteiger partial charge < -0.3 is 23.8 Å². The largest absolute Gasteiger partial charge is 0.379 e. The van der Waals surface area contributed by atoms with Crippen LogP contribution in [0.2, 0.25) is 0 Å². The third-order valence-corrected chi connectivity index (χ3v) is 5.62. The van der Waals surface area contributed by atoms with E-state index in [1.54, 1.807) is 10.9 Å². The highest BCUT2D eigenvalue weighted by Crippen LogP contribution is 2.15. The van der Waals surface area contributed by atoms with Crippen LogP contribution in [0.5, 0.6) is 0 Å². The van der Waals surface area contributed by atoms with E-state index in [0.717, 1.165) is 24.4 Å². The molecule has 0 saturated carbocycles. The Kier molecular flexibility index (Phi) is 11.3. The van der Waals surface area contributed by atoms with Crippen LogP contribution in [0.25, 0.3) is 0 Å². The van der Waals surface area contributed by atoms with Crippen LogP contribution in [0.15, 0.2) is 18.3 Å². The lowest BCUT2D eigenvalue weighted by molar-refractivity contribution is -0.137. The number of imide groups is 1. The van der Waals surface area contributed by atoms with Gasteiger partial charge in [-0.1, -0.05) is 12.1 Å². The average molecular weight is 494 g/mol. The number of hydrogen-bond acceptors (Lipinski definition) is 9. The van der Waals surface area contributed by atoms with Crippen molar-refractivity contribution in [2.24, 2.45) is 5.92 Å². The minimum atomic E-state index is -0.345. The smallest absolute Gasteiger partial charge is 0.253 e. The molecular formula is C23H35N5O7. The molecule has 3 rings (SSSR count). The van der Waals surface area contributed by atoms with Crippen molar-refractivity contribution in [3.63, 3.8) is 0 Å². The van der Waals surface area contributed by atoms with Crippen LogP contribution in [0.1, 0.15) is 25.5 Å². The molecule has 12 heteroatoms. The molecule has 0 spiro atoms. The lowest BCUT2D eigenvalue weighted by Gasteiger charge is -2.15. The Labute approximate surface area is 205 Å². The number of amides is 3. The van der Waals surface area contributed by atoms with Gasteiger partial charge in [0.05, 0.1) is 78.6 Å². The van der Waals surface area contributed by atoms with E-state index < -0.39 is 0 Å². The number of ether oxygens (including phenoxy) is 4. The minimum Gasteiger partial charge on any atom is -0.379 e. The maximum atomic E-state index is 12.0. The zero-order valence-electron chi connectivity index (χ0n) is 20.3. The van der Waals surface area contributed by atoms with Crippen molar-refractivity contribution in [2.45, 2.75) is 32.9 Å². The second-order valence-electron chi connectivity index (χ2n) is 8.50. The SMILES string of the molecule is C[C@H]1CCN(C(=O)CCOCCOCCOCCOCCn2cc(CN3C(=O)C=CC3=O)nn2)C1. The molecule has 1 aromatic rings. The van der Waals surface area contributed by atoms with Gasteiger partial charge in [0.15, 0.2) is 0 Å². The quantitative estimate of drug-likeness (QED) is 0.218. The van der Waals surface area contributed by atoms with Gasteiger partial charge in [-0.3, -0.25) is 19.3 Å². The Morgan fingerprint density at radius 1 is 0.943 bits per heavy atom. The van der Waals surface area contributed by atoms with Gasteiger partial charge in [0, 0.05) is 25.2 Å². The molecule has 1 saturated heterocycles. The summed E-state index contributed by atoms with van der Waals surface area (Å²) in [6, 6.07) is 0. The van der Waals surface area contributed by atoms with Crippen molar-refractivity contribution in [3.8, 4) is 0 Å². The average Bonchev–Trinajstić information content (AvgIpc) is 3.56. The molecule has 0 unspecified atom stereocenters. The first-order valence-electron chi connectivity index (χ1n) is 12.0. The predicted molar refractivity (Wildman–Crippen MR) is 123 cm³/mol. The van der Waals surface area contributed by atoms with E-state index in [4.69, 9.17) is 18.9 Å². The first-order valence-corrected chi connectivity index (χ1v) is 12.0. The molecule has 0 aliphatic carbocycles. The zero-order valence-corrected chi connectivity index (χ0v) is 20.3. The van der Waals surface area contributed by atoms with Gasteiger partial charge >= 0.3 is 0 Å². The van der Waals surface area contributed by atoms with Crippen LogP contribution in [0.4, 0.5) is 0 Å². The van der Waals surface area contributed by atoms with E-state index in [2.05, 4.69) is 17.2 Å². The Morgan fingerprint density at radius 2 is 1.54 bits per heavy atom. The van der Waals surface area contributed by atoms with Crippen molar-refractivity contribution < 1.29 is 33.3 Å². The fourth-order valence-electron chi connectivity index (χ4n) is 3.67. The van der Waals surface area contributed by atoms with Gasteiger partial charge in [-0.15, -0.1) is 5.10 Å². The molecule has 1 aromatic heterocycles. The zero-order chi connectivity index (χ0) is 24.9. The number of carbonyl (C=O) groups excluding carboxylic acids is 3. The second kappa shape index (κ2) is 14.7. The number of nitrogens with zero attached hydrogens (tertiary/aromatic N) is 5. The lowest BCUT2D eigenvalue weighted by atomic mass is 10.2. The summed E-state index contributed by atoms with van der Waals surface area (Å²) in [5.41, 5.74) is 0.536. The van der Waals surface area contributed by atoms with Gasteiger partial charge in [0.2, 0.25) is 5.91 Å². The van der Waals surface area contributed by atoms with Crippen LogP contribution in [0, 0.1) is 5.92 Å². The molecule has 0 radical (unpaired) electrons. The third-order valence-electron chi connectivity index (χ3n) is 5.62. The molecule has 3 amide bonds. The Bertz CT molecular complexity index is 841. The standard InChI is InChI=1S/C23H35N5O7/c1-19-4-6-26(16-19)21(29)5-8-32-10-12-34-14-15-35-13-11-33-9-7-27-17-20(24-25-27)18-28-22(30)2-3-23(28)31/h2-3,17,19H,4-16,18H2,1H3/t19-/m0/s1. The van der Waals surface area contributed by atoms with Crippen LogP contribution in [0.3, 0.4) is 0 Å². The van der Waals surface area contributed by atoms with E-state index >= 15 is 0 Å². The fourth-order valence-corrected chi connectivity index (χ4v) is 3.67. The number of rotatable bonds is 17. The Balaban J connectivity index is 1.08. The van der Waals surface area contributed by atoms with E-state index in [1.165, 1.54) is 12.2 Å². The number of carbonyl (C=O) groups is 3. The Hall–Kier alpha value is -2.67. The number of hydrogen-bond donors (Lipinski definition) is 0. The summed E-state index contributed by atoms with van der Waals surface area (Å²) in [7, 11) is 0. The van der Waals surface area contributed by atoms with Crippen molar-refractivity contribution in [1.29, 1.82) is 0 Å². The first kappa shape index (κ1) is 26.9. The molecule has 0 aromatic carbocycles. The van der Waals surface area contributed by atoms with Crippen molar-refractivity contribution in [2.75, 3.05) is 65.9 Å². The summed E-state index contributed by atoms with van der Waals surface area (Å²) in [4.78, 5) is 38.2. The lowest BCUT2D eigenvalue weighted by Crippen LogP contribution is -2.29. The maximum Gasteiger partial charge on any atom is 0.253 e. The van der Waals surface area contributed by atoms with E-state index in [1.807, 2.05) is 4.90 Å². The van der Waals surface area contributed by atoms with Gasteiger partial charge in [-0.05, 0) is 12.3 Å². The predicted octanol–water partition coefficient (Wildman–Crippen LogP) is 0.0280. The highest BCUT2D eigenvalue weighted by Gasteiger charge is 2.24. The van der Waals surface area contributed by atoms with E-state index in [9.17, 15) is 14.4 Å². The first-order chi connectivity index (χ1) is 17.0. The van der Waals surface area contributed by atoms with Crippen molar-refractivity contribution >= 4 is 17.7 Å². The molecule has 3 heterocycles. The molecule has 194 valence electrons. The Morgan fingerprint density at radius 3 is 2.14 bits per heavy atom. The molecule has 0 N–H and O–H groups in total. The topological polar surface area (TPSA) is 125 Å². The highest BCUT2D eigenvalue weighted by molar-refractivity contribution is 6.12. The normalized spacial score (nSPS) is 17.8. The van der Waals surface area contributed by atoms with Crippen LogP contribution < -0.4 is 0 Å². The van der Waals surface area contributed by atoms with Gasteiger partial charge in [-0.2, -0.15) is 0 Å². The summed E-state index contributed by atoms with van der Waals surface area (Å²) in [5.74, 6) is 0.0786. The van der Waals surface area contributed by atoms with Crippen LogP contribution in [-0.4, -0.2) is 108 Å². The molecule has 0 bridgehead atoms. The second-order valence-corrected chi connectivity index (χ2v) is 8.50. The number of likely N-dealkylation sites (tertiary alicyclic amines) is 1. The molecule has 2 aliphatic heterocycles. The van der Waals surface area contributed by atoms with Gasteiger partial charge in [-0.25, -0.2) is 4.68 Å². The van der Waals surface area contributed by atoms with E-state index in [-0.39, 0.29) is 24.3 Å². The van der Waals surface area contributed by atoms with Crippen LogP contribution in [-0.2, 0) is 46.4 Å². The molecule has 2 aliphatic rings.